The SMILES string of the molecule is CCNC(c1ccc(F)c(F)c1)C1CCCC1(C)C. The highest BCUT2D eigenvalue weighted by molar-refractivity contribution is 5.23. The van der Waals surface area contributed by atoms with Gasteiger partial charge in [0.15, 0.2) is 11.6 Å². The van der Waals surface area contributed by atoms with Gasteiger partial charge < -0.3 is 5.32 Å². The first-order valence-electron chi connectivity index (χ1n) is 7.14. The number of hydrogen-bond donors (Lipinski definition) is 1. The van der Waals surface area contributed by atoms with Crippen molar-refractivity contribution in [3.8, 4) is 0 Å². The van der Waals surface area contributed by atoms with E-state index < -0.39 is 11.6 Å². The van der Waals surface area contributed by atoms with E-state index in [-0.39, 0.29) is 11.5 Å². The van der Waals surface area contributed by atoms with Crippen LogP contribution in [0.2, 0.25) is 0 Å². The van der Waals surface area contributed by atoms with Crippen LogP contribution in [0.4, 0.5) is 8.78 Å². The average molecular weight is 267 g/mol. The summed E-state index contributed by atoms with van der Waals surface area (Å²) >= 11 is 0. The van der Waals surface area contributed by atoms with Crippen LogP contribution in [0.5, 0.6) is 0 Å². The fourth-order valence-electron chi connectivity index (χ4n) is 3.39. The maximum atomic E-state index is 13.5. The summed E-state index contributed by atoms with van der Waals surface area (Å²) in [6.45, 7) is 7.43. The van der Waals surface area contributed by atoms with E-state index >= 15 is 0 Å². The molecule has 1 aliphatic carbocycles. The Morgan fingerprint density at radius 2 is 2.05 bits per heavy atom. The molecule has 19 heavy (non-hydrogen) atoms. The van der Waals surface area contributed by atoms with Gasteiger partial charge in [-0.2, -0.15) is 0 Å². The lowest BCUT2D eigenvalue weighted by Crippen LogP contribution is -2.34. The van der Waals surface area contributed by atoms with E-state index in [1.54, 1.807) is 6.07 Å². The number of benzene rings is 1. The zero-order chi connectivity index (χ0) is 14.0. The molecule has 0 saturated heterocycles. The second kappa shape index (κ2) is 5.58. The molecule has 0 radical (unpaired) electrons. The summed E-state index contributed by atoms with van der Waals surface area (Å²) in [4.78, 5) is 0. The zero-order valence-electron chi connectivity index (χ0n) is 12.0. The van der Waals surface area contributed by atoms with Crippen LogP contribution in [0, 0.1) is 23.0 Å². The van der Waals surface area contributed by atoms with Gasteiger partial charge in [0.25, 0.3) is 0 Å². The van der Waals surface area contributed by atoms with Gasteiger partial charge in [0.1, 0.15) is 0 Å². The molecule has 3 heteroatoms. The van der Waals surface area contributed by atoms with Crippen LogP contribution in [0.3, 0.4) is 0 Å². The van der Waals surface area contributed by atoms with Crippen LogP contribution < -0.4 is 5.32 Å². The quantitative estimate of drug-likeness (QED) is 0.850. The van der Waals surface area contributed by atoms with E-state index in [0.717, 1.165) is 18.5 Å². The molecule has 1 saturated carbocycles. The van der Waals surface area contributed by atoms with Crippen molar-refractivity contribution in [2.45, 2.75) is 46.1 Å². The van der Waals surface area contributed by atoms with Gasteiger partial charge in [0.2, 0.25) is 0 Å². The molecule has 1 aliphatic rings. The standard InChI is InChI=1S/C16H23F2N/c1-4-19-15(12-6-5-9-16(12,2)3)11-7-8-13(17)14(18)10-11/h7-8,10,12,15,19H,4-6,9H2,1-3H3. The van der Waals surface area contributed by atoms with Crippen LogP contribution in [0.1, 0.15) is 51.6 Å². The number of halogens is 2. The summed E-state index contributed by atoms with van der Waals surface area (Å²) in [7, 11) is 0. The van der Waals surface area contributed by atoms with Gasteiger partial charge in [0.05, 0.1) is 0 Å². The highest BCUT2D eigenvalue weighted by Gasteiger charge is 2.39. The molecule has 1 N–H and O–H groups in total. The van der Waals surface area contributed by atoms with Crippen LogP contribution in [-0.4, -0.2) is 6.54 Å². The lowest BCUT2D eigenvalue weighted by atomic mass is 9.75. The molecule has 106 valence electrons. The summed E-state index contributed by atoms with van der Waals surface area (Å²) in [6.07, 6.45) is 3.55. The summed E-state index contributed by atoms with van der Waals surface area (Å²) in [5, 5.41) is 3.45. The fourth-order valence-corrected chi connectivity index (χ4v) is 3.39. The Morgan fingerprint density at radius 3 is 2.58 bits per heavy atom. The maximum absolute atomic E-state index is 13.5. The van der Waals surface area contributed by atoms with E-state index in [1.807, 2.05) is 0 Å². The molecule has 1 fully saturated rings. The third kappa shape index (κ3) is 2.97. The summed E-state index contributed by atoms with van der Waals surface area (Å²) in [6, 6.07) is 4.39. The van der Waals surface area contributed by atoms with Crippen LogP contribution in [-0.2, 0) is 0 Å². The van der Waals surface area contributed by atoms with E-state index in [4.69, 9.17) is 0 Å². The molecule has 0 amide bonds. The molecule has 0 heterocycles. The predicted octanol–water partition coefficient (Wildman–Crippen LogP) is 4.44. The van der Waals surface area contributed by atoms with E-state index in [2.05, 4.69) is 26.1 Å². The van der Waals surface area contributed by atoms with Crippen LogP contribution in [0.15, 0.2) is 18.2 Å². The van der Waals surface area contributed by atoms with Crippen molar-refractivity contribution in [3.63, 3.8) is 0 Å². The molecule has 2 rings (SSSR count). The van der Waals surface area contributed by atoms with Gasteiger partial charge in [-0.05, 0) is 48.4 Å². The minimum atomic E-state index is -0.773. The van der Waals surface area contributed by atoms with Crippen molar-refractivity contribution in [3.05, 3.63) is 35.4 Å². The van der Waals surface area contributed by atoms with Crippen LogP contribution >= 0.6 is 0 Å². The summed E-state index contributed by atoms with van der Waals surface area (Å²) in [5.41, 5.74) is 1.11. The lowest BCUT2D eigenvalue weighted by molar-refractivity contribution is 0.199. The lowest BCUT2D eigenvalue weighted by Gasteiger charge is -2.35. The highest BCUT2D eigenvalue weighted by atomic mass is 19.2. The number of hydrogen-bond acceptors (Lipinski definition) is 1. The van der Waals surface area contributed by atoms with Gasteiger partial charge in [-0.1, -0.05) is 33.3 Å². The normalized spacial score (nSPS) is 23.5. The Balaban J connectivity index is 2.31. The molecule has 0 spiro atoms. The second-order valence-electron chi connectivity index (χ2n) is 6.20. The zero-order valence-corrected chi connectivity index (χ0v) is 12.0. The minimum absolute atomic E-state index is 0.109. The van der Waals surface area contributed by atoms with E-state index in [9.17, 15) is 8.78 Å². The van der Waals surface area contributed by atoms with Crippen molar-refractivity contribution < 1.29 is 8.78 Å². The number of nitrogens with one attached hydrogen (secondary N) is 1. The first-order valence-corrected chi connectivity index (χ1v) is 7.14. The molecule has 0 aliphatic heterocycles. The van der Waals surface area contributed by atoms with Crippen LogP contribution in [0.25, 0.3) is 0 Å². The molecule has 1 aromatic rings. The third-order valence-electron chi connectivity index (χ3n) is 4.47. The Labute approximate surface area is 114 Å². The largest absolute Gasteiger partial charge is 0.310 e. The van der Waals surface area contributed by atoms with Gasteiger partial charge in [-0.25, -0.2) is 8.78 Å². The first-order chi connectivity index (χ1) is 8.95. The van der Waals surface area contributed by atoms with Crippen molar-refractivity contribution in [1.82, 2.24) is 5.32 Å². The molecule has 1 nitrogen and oxygen atoms in total. The van der Waals surface area contributed by atoms with Crippen molar-refractivity contribution in [2.75, 3.05) is 6.54 Å². The Morgan fingerprint density at radius 1 is 1.32 bits per heavy atom. The molecular weight excluding hydrogens is 244 g/mol. The highest BCUT2D eigenvalue weighted by Crippen LogP contribution is 2.48. The van der Waals surface area contributed by atoms with E-state index in [1.165, 1.54) is 25.0 Å². The van der Waals surface area contributed by atoms with Crippen molar-refractivity contribution in [2.24, 2.45) is 11.3 Å². The smallest absolute Gasteiger partial charge is 0.159 e. The molecule has 1 aromatic carbocycles. The molecule has 0 bridgehead atoms. The summed E-state index contributed by atoms with van der Waals surface area (Å²) < 4.78 is 26.5. The third-order valence-corrected chi connectivity index (χ3v) is 4.47. The van der Waals surface area contributed by atoms with E-state index in [0.29, 0.717) is 5.92 Å². The Kier molecular flexibility index (Phi) is 4.24. The average Bonchev–Trinajstić information content (AvgIpc) is 2.70. The topological polar surface area (TPSA) is 12.0 Å². The van der Waals surface area contributed by atoms with Gasteiger partial charge >= 0.3 is 0 Å². The molecule has 2 atom stereocenters. The maximum Gasteiger partial charge on any atom is 0.159 e. The molecular formula is C16H23F2N. The predicted molar refractivity (Wildman–Crippen MR) is 73.9 cm³/mol. The number of rotatable bonds is 4. The fraction of sp³-hybridized carbons (Fsp3) is 0.625. The minimum Gasteiger partial charge on any atom is -0.310 e. The first kappa shape index (κ1) is 14.4. The van der Waals surface area contributed by atoms with Gasteiger partial charge in [0, 0.05) is 6.04 Å². The molecule has 2 unspecified atom stereocenters. The monoisotopic (exact) mass is 267 g/mol. The Bertz CT molecular complexity index is 442. The van der Waals surface area contributed by atoms with Gasteiger partial charge in [-0.3, -0.25) is 0 Å². The second-order valence-corrected chi connectivity index (χ2v) is 6.20. The molecule has 0 aromatic heterocycles. The Hall–Kier alpha value is -0.960. The van der Waals surface area contributed by atoms with Gasteiger partial charge in [-0.15, -0.1) is 0 Å². The van der Waals surface area contributed by atoms with Crippen molar-refractivity contribution in [1.29, 1.82) is 0 Å². The van der Waals surface area contributed by atoms with Crippen molar-refractivity contribution >= 4 is 0 Å². The summed E-state index contributed by atoms with van der Waals surface area (Å²) in [5.74, 6) is -1.06.